The number of benzene rings is 2. The minimum absolute atomic E-state index is 0.0196. The summed E-state index contributed by atoms with van der Waals surface area (Å²) in [5.41, 5.74) is 1.13. The molecule has 2 aromatic carbocycles. The fraction of sp³-hybridized carbons (Fsp3) is 0.444. The molecule has 2 atom stereocenters. The highest BCUT2D eigenvalue weighted by atomic mass is 16.6. The summed E-state index contributed by atoms with van der Waals surface area (Å²) >= 11 is 0. The summed E-state index contributed by atoms with van der Waals surface area (Å²) in [6, 6.07) is 10.9. The SMILES string of the molecule is CN(C[C@H]1CCN(C(=O)C2CCCN2C(=O)OCc2ccc([N+](=O)[O-])cc2)C1)C(=O)OCc1ccc([N+](=O)[O-])cc1. The standard InChI is InChI=1S/C27H31N5O9/c1-28(26(34)40-17-19-4-8-22(9-5-19)31(36)37)15-21-12-14-29(16-21)25(33)24-3-2-13-30(24)27(35)41-18-20-6-10-23(11-7-20)32(38)39/h4-11,21,24H,2-3,12-18H2,1H3/t21-,24?/m1/s1. The van der Waals surface area contributed by atoms with Gasteiger partial charge in [0, 0.05) is 57.5 Å². The number of nitro benzene ring substituents is 2. The Morgan fingerprint density at radius 2 is 1.44 bits per heavy atom. The highest BCUT2D eigenvalue weighted by Crippen LogP contribution is 2.25. The van der Waals surface area contributed by atoms with Crippen LogP contribution in [0.2, 0.25) is 0 Å². The van der Waals surface area contributed by atoms with Gasteiger partial charge >= 0.3 is 12.2 Å². The summed E-state index contributed by atoms with van der Waals surface area (Å²) in [6.07, 6.45) is 0.755. The lowest BCUT2D eigenvalue weighted by molar-refractivity contribution is -0.385. The van der Waals surface area contributed by atoms with Gasteiger partial charge in [0.1, 0.15) is 19.3 Å². The maximum atomic E-state index is 13.3. The van der Waals surface area contributed by atoms with Crippen LogP contribution in [0.15, 0.2) is 48.5 Å². The Labute approximate surface area is 235 Å². The summed E-state index contributed by atoms with van der Waals surface area (Å²) in [5, 5.41) is 21.6. The molecule has 0 N–H and O–H groups in total. The zero-order chi connectivity index (χ0) is 29.5. The largest absolute Gasteiger partial charge is 0.445 e. The normalized spacial score (nSPS) is 18.2. The molecule has 0 aromatic heterocycles. The van der Waals surface area contributed by atoms with Crippen LogP contribution in [0.5, 0.6) is 0 Å². The van der Waals surface area contributed by atoms with Crippen LogP contribution < -0.4 is 0 Å². The molecule has 4 rings (SSSR count). The van der Waals surface area contributed by atoms with E-state index in [4.69, 9.17) is 9.47 Å². The number of likely N-dealkylation sites (tertiary alicyclic amines) is 2. The van der Waals surface area contributed by atoms with Crippen LogP contribution in [0.25, 0.3) is 0 Å². The van der Waals surface area contributed by atoms with E-state index in [1.54, 1.807) is 11.9 Å². The molecule has 0 bridgehead atoms. The quantitative estimate of drug-likeness (QED) is 0.323. The minimum Gasteiger partial charge on any atom is -0.445 e. The first-order valence-electron chi connectivity index (χ1n) is 13.2. The Balaban J connectivity index is 1.22. The van der Waals surface area contributed by atoms with Crippen molar-refractivity contribution in [2.75, 3.05) is 33.2 Å². The van der Waals surface area contributed by atoms with Crippen LogP contribution in [0.4, 0.5) is 21.0 Å². The molecular weight excluding hydrogens is 538 g/mol. The average Bonchev–Trinajstić information content (AvgIpc) is 3.65. The van der Waals surface area contributed by atoms with Gasteiger partial charge in [-0.1, -0.05) is 0 Å². The molecule has 2 fully saturated rings. The molecule has 1 unspecified atom stereocenters. The second-order valence-corrected chi connectivity index (χ2v) is 10.1. The molecule has 2 aliphatic heterocycles. The summed E-state index contributed by atoms with van der Waals surface area (Å²) in [4.78, 5) is 63.7. The predicted molar refractivity (Wildman–Crippen MR) is 144 cm³/mol. The van der Waals surface area contributed by atoms with Crippen LogP contribution in [0.3, 0.4) is 0 Å². The van der Waals surface area contributed by atoms with E-state index < -0.39 is 28.1 Å². The molecule has 218 valence electrons. The number of rotatable bonds is 9. The molecule has 14 heteroatoms. The summed E-state index contributed by atoms with van der Waals surface area (Å²) in [5.74, 6) is -0.111. The van der Waals surface area contributed by atoms with Gasteiger partial charge in [0.25, 0.3) is 11.4 Å². The number of amides is 3. The number of hydrogen-bond acceptors (Lipinski definition) is 9. The van der Waals surface area contributed by atoms with E-state index in [9.17, 15) is 34.6 Å². The van der Waals surface area contributed by atoms with Gasteiger partial charge in [0.05, 0.1) is 9.85 Å². The van der Waals surface area contributed by atoms with Crippen LogP contribution in [-0.4, -0.2) is 81.9 Å². The number of ether oxygens (including phenoxy) is 2. The summed E-state index contributed by atoms with van der Waals surface area (Å²) < 4.78 is 10.7. The number of non-ortho nitro benzene ring substituents is 2. The Morgan fingerprint density at radius 3 is 2.00 bits per heavy atom. The van der Waals surface area contributed by atoms with Crippen LogP contribution in [0.1, 0.15) is 30.4 Å². The number of carbonyl (C=O) groups excluding carboxylic acids is 3. The van der Waals surface area contributed by atoms with Crippen molar-refractivity contribution in [1.82, 2.24) is 14.7 Å². The van der Waals surface area contributed by atoms with E-state index in [-0.39, 0.29) is 36.4 Å². The molecule has 2 saturated heterocycles. The van der Waals surface area contributed by atoms with E-state index in [0.717, 1.165) is 0 Å². The van der Waals surface area contributed by atoms with E-state index in [1.807, 2.05) is 0 Å². The van der Waals surface area contributed by atoms with Crippen molar-refractivity contribution in [1.29, 1.82) is 0 Å². The zero-order valence-electron chi connectivity index (χ0n) is 22.5. The highest BCUT2D eigenvalue weighted by Gasteiger charge is 2.39. The van der Waals surface area contributed by atoms with Crippen molar-refractivity contribution >= 4 is 29.5 Å². The predicted octanol–water partition coefficient (Wildman–Crippen LogP) is 3.72. The maximum absolute atomic E-state index is 13.3. The van der Waals surface area contributed by atoms with Crippen molar-refractivity contribution in [2.45, 2.75) is 38.5 Å². The fourth-order valence-corrected chi connectivity index (χ4v) is 5.01. The zero-order valence-corrected chi connectivity index (χ0v) is 22.5. The molecule has 3 amide bonds. The molecule has 0 radical (unpaired) electrons. The number of nitro groups is 2. The number of carbonyl (C=O) groups is 3. The van der Waals surface area contributed by atoms with Crippen molar-refractivity contribution in [3.63, 3.8) is 0 Å². The Hall–Kier alpha value is -4.75. The maximum Gasteiger partial charge on any atom is 0.410 e. The molecule has 0 aliphatic carbocycles. The fourth-order valence-electron chi connectivity index (χ4n) is 5.01. The van der Waals surface area contributed by atoms with Gasteiger partial charge in [-0.2, -0.15) is 0 Å². The minimum atomic E-state index is -0.623. The molecule has 14 nitrogen and oxygen atoms in total. The first-order chi connectivity index (χ1) is 19.6. The van der Waals surface area contributed by atoms with Crippen molar-refractivity contribution in [2.24, 2.45) is 5.92 Å². The van der Waals surface area contributed by atoms with Crippen LogP contribution >= 0.6 is 0 Å². The second kappa shape index (κ2) is 13.1. The van der Waals surface area contributed by atoms with Crippen LogP contribution in [0, 0.1) is 26.1 Å². The van der Waals surface area contributed by atoms with Gasteiger partial charge in [-0.05, 0) is 60.6 Å². The third-order valence-corrected chi connectivity index (χ3v) is 7.23. The lowest BCUT2D eigenvalue weighted by atomic mass is 10.1. The summed E-state index contributed by atoms with van der Waals surface area (Å²) in [6.45, 7) is 1.66. The number of hydrogen-bond donors (Lipinski definition) is 0. The van der Waals surface area contributed by atoms with Crippen molar-refractivity contribution in [3.8, 4) is 0 Å². The average molecular weight is 570 g/mol. The van der Waals surface area contributed by atoms with Gasteiger partial charge in [-0.25, -0.2) is 9.59 Å². The van der Waals surface area contributed by atoms with Crippen molar-refractivity contribution < 1.29 is 33.7 Å². The lowest BCUT2D eigenvalue weighted by Crippen LogP contribution is -2.47. The Morgan fingerprint density at radius 1 is 0.878 bits per heavy atom. The molecule has 41 heavy (non-hydrogen) atoms. The smallest absolute Gasteiger partial charge is 0.410 e. The van der Waals surface area contributed by atoms with E-state index in [2.05, 4.69) is 0 Å². The highest BCUT2D eigenvalue weighted by molar-refractivity contribution is 5.86. The second-order valence-electron chi connectivity index (χ2n) is 10.1. The van der Waals surface area contributed by atoms with Gasteiger partial charge < -0.3 is 19.3 Å². The molecular formula is C27H31N5O9. The topological polar surface area (TPSA) is 166 Å². The third-order valence-electron chi connectivity index (χ3n) is 7.23. The number of nitrogens with zero attached hydrogens (tertiary/aromatic N) is 5. The van der Waals surface area contributed by atoms with Gasteiger partial charge in [-0.15, -0.1) is 0 Å². The first-order valence-corrected chi connectivity index (χ1v) is 13.2. The molecule has 2 aromatic rings. The lowest BCUT2D eigenvalue weighted by Gasteiger charge is -2.27. The molecule has 2 heterocycles. The molecule has 0 saturated carbocycles. The summed E-state index contributed by atoms with van der Waals surface area (Å²) in [7, 11) is 1.61. The van der Waals surface area contributed by atoms with E-state index in [1.165, 1.54) is 58.3 Å². The van der Waals surface area contributed by atoms with E-state index in [0.29, 0.717) is 56.6 Å². The van der Waals surface area contributed by atoms with Gasteiger partial charge in [-0.3, -0.25) is 29.9 Å². The Kier molecular flexibility index (Phi) is 9.32. The molecule has 0 spiro atoms. The van der Waals surface area contributed by atoms with Crippen molar-refractivity contribution in [3.05, 3.63) is 79.9 Å². The van der Waals surface area contributed by atoms with E-state index >= 15 is 0 Å². The monoisotopic (exact) mass is 569 g/mol. The van der Waals surface area contributed by atoms with Crippen LogP contribution in [-0.2, 0) is 27.5 Å². The molecule has 2 aliphatic rings. The Bertz CT molecular complexity index is 1290. The van der Waals surface area contributed by atoms with Gasteiger partial charge in [0.15, 0.2) is 0 Å². The first kappa shape index (κ1) is 29.2. The third kappa shape index (κ3) is 7.47. The van der Waals surface area contributed by atoms with Gasteiger partial charge in [0.2, 0.25) is 5.91 Å².